The number of hydrogen-bond acceptors (Lipinski definition) is 4. The molecule has 3 rings (SSSR count). The molecule has 1 amide bonds. The van der Waals surface area contributed by atoms with E-state index in [2.05, 4.69) is 10.6 Å². The summed E-state index contributed by atoms with van der Waals surface area (Å²) in [7, 11) is 1.57. The van der Waals surface area contributed by atoms with Crippen LogP contribution in [0.3, 0.4) is 0 Å². The normalized spacial score (nSPS) is 12.6. The van der Waals surface area contributed by atoms with Crippen LogP contribution in [-0.2, 0) is 0 Å². The first kappa shape index (κ1) is 13.3. The molecule has 2 aromatic carbocycles. The summed E-state index contributed by atoms with van der Waals surface area (Å²) < 4.78 is 10.9. The van der Waals surface area contributed by atoms with Gasteiger partial charge in [-0.1, -0.05) is 18.2 Å². The number of anilines is 2. The predicted octanol–water partition coefficient (Wildman–Crippen LogP) is 2.75. The quantitative estimate of drug-likeness (QED) is 0.910. The Balaban J connectivity index is 1.89. The van der Waals surface area contributed by atoms with Crippen LogP contribution in [0.4, 0.5) is 11.4 Å². The second-order valence-corrected chi connectivity index (χ2v) is 4.61. The maximum Gasteiger partial charge on any atom is 0.259 e. The molecule has 5 heteroatoms. The molecule has 0 aromatic heterocycles. The second kappa shape index (κ2) is 5.75. The fourth-order valence-electron chi connectivity index (χ4n) is 2.29. The monoisotopic (exact) mass is 284 g/mol. The minimum atomic E-state index is -0.222. The van der Waals surface area contributed by atoms with Gasteiger partial charge in [-0.15, -0.1) is 0 Å². The average molecular weight is 284 g/mol. The molecule has 0 saturated heterocycles. The summed E-state index contributed by atoms with van der Waals surface area (Å²) in [6.07, 6.45) is 0. The summed E-state index contributed by atoms with van der Waals surface area (Å²) >= 11 is 0. The van der Waals surface area contributed by atoms with E-state index in [1.807, 2.05) is 24.3 Å². The Kier molecular flexibility index (Phi) is 3.64. The molecule has 0 aliphatic carbocycles. The fraction of sp³-hybridized carbons (Fsp3) is 0.188. The van der Waals surface area contributed by atoms with Crippen molar-refractivity contribution in [1.29, 1.82) is 0 Å². The standard InChI is InChI=1S/C16H16N2O3/c1-20-14-8-3-2-6-12(14)18-16(19)11-5-4-7-13-15(11)21-10-9-17-13/h2-8,17H,9-10H2,1H3,(H,18,19). The van der Waals surface area contributed by atoms with E-state index in [9.17, 15) is 4.79 Å². The van der Waals surface area contributed by atoms with Gasteiger partial charge in [-0.25, -0.2) is 0 Å². The number of para-hydroxylation sites is 3. The number of nitrogens with one attached hydrogen (secondary N) is 2. The Morgan fingerprint density at radius 2 is 2.10 bits per heavy atom. The van der Waals surface area contributed by atoms with Crippen LogP contribution in [0.2, 0.25) is 0 Å². The molecule has 0 radical (unpaired) electrons. The van der Waals surface area contributed by atoms with Crippen LogP contribution in [0, 0.1) is 0 Å². The van der Waals surface area contributed by atoms with E-state index in [0.717, 1.165) is 12.2 Å². The summed E-state index contributed by atoms with van der Waals surface area (Å²) in [5.74, 6) is 0.992. The van der Waals surface area contributed by atoms with Crippen LogP contribution in [0.5, 0.6) is 11.5 Å². The molecule has 2 N–H and O–H groups in total. The molecule has 2 aromatic rings. The van der Waals surface area contributed by atoms with Gasteiger partial charge in [-0.05, 0) is 24.3 Å². The predicted molar refractivity (Wildman–Crippen MR) is 81.4 cm³/mol. The number of amides is 1. The van der Waals surface area contributed by atoms with Crippen molar-refractivity contribution in [3.63, 3.8) is 0 Å². The highest BCUT2D eigenvalue weighted by molar-refractivity contribution is 6.08. The van der Waals surface area contributed by atoms with Gasteiger partial charge in [-0.2, -0.15) is 0 Å². The zero-order valence-corrected chi connectivity index (χ0v) is 11.7. The molecule has 1 heterocycles. The maximum atomic E-state index is 12.5. The van der Waals surface area contributed by atoms with Crippen LogP contribution >= 0.6 is 0 Å². The van der Waals surface area contributed by atoms with Gasteiger partial charge in [0.1, 0.15) is 12.4 Å². The van der Waals surface area contributed by atoms with Crippen molar-refractivity contribution >= 4 is 17.3 Å². The van der Waals surface area contributed by atoms with E-state index in [4.69, 9.17) is 9.47 Å². The zero-order valence-electron chi connectivity index (χ0n) is 11.7. The molecule has 108 valence electrons. The highest BCUT2D eigenvalue weighted by atomic mass is 16.5. The third-order valence-corrected chi connectivity index (χ3v) is 3.28. The first-order chi connectivity index (χ1) is 10.3. The van der Waals surface area contributed by atoms with Crippen molar-refractivity contribution < 1.29 is 14.3 Å². The smallest absolute Gasteiger partial charge is 0.259 e. The Labute approximate surface area is 122 Å². The Bertz CT molecular complexity index is 670. The first-order valence-electron chi connectivity index (χ1n) is 6.73. The van der Waals surface area contributed by atoms with Gasteiger partial charge in [0.05, 0.1) is 24.0 Å². The largest absolute Gasteiger partial charge is 0.495 e. The molecular weight excluding hydrogens is 268 g/mol. The van der Waals surface area contributed by atoms with Gasteiger partial charge in [0.25, 0.3) is 5.91 Å². The lowest BCUT2D eigenvalue weighted by atomic mass is 10.1. The van der Waals surface area contributed by atoms with Gasteiger partial charge >= 0.3 is 0 Å². The van der Waals surface area contributed by atoms with Crippen molar-refractivity contribution in [3.8, 4) is 11.5 Å². The molecular formula is C16H16N2O3. The molecule has 0 saturated carbocycles. The number of benzene rings is 2. The van der Waals surface area contributed by atoms with E-state index < -0.39 is 0 Å². The van der Waals surface area contributed by atoms with Crippen molar-refractivity contribution in [3.05, 3.63) is 48.0 Å². The summed E-state index contributed by atoms with van der Waals surface area (Å²) in [4.78, 5) is 12.5. The minimum absolute atomic E-state index is 0.222. The summed E-state index contributed by atoms with van der Waals surface area (Å²) in [6.45, 7) is 1.29. The first-order valence-corrected chi connectivity index (χ1v) is 6.73. The highest BCUT2D eigenvalue weighted by Crippen LogP contribution is 2.32. The highest BCUT2D eigenvalue weighted by Gasteiger charge is 2.19. The number of carbonyl (C=O) groups excluding carboxylic acids is 1. The van der Waals surface area contributed by atoms with E-state index in [-0.39, 0.29) is 5.91 Å². The van der Waals surface area contributed by atoms with Crippen LogP contribution in [-0.4, -0.2) is 26.2 Å². The molecule has 21 heavy (non-hydrogen) atoms. The van der Waals surface area contributed by atoms with Gasteiger partial charge < -0.3 is 20.1 Å². The van der Waals surface area contributed by atoms with Crippen LogP contribution in [0.15, 0.2) is 42.5 Å². The van der Waals surface area contributed by atoms with Gasteiger partial charge in [0.2, 0.25) is 0 Å². The Morgan fingerprint density at radius 1 is 1.24 bits per heavy atom. The summed E-state index contributed by atoms with van der Waals surface area (Å²) in [6, 6.07) is 12.8. The maximum absolute atomic E-state index is 12.5. The number of rotatable bonds is 3. The lowest BCUT2D eigenvalue weighted by Crippen LogP contribution is -2.22. The van der Waals surface area contributed by atoms with Crippen molar-refractivity contribution in [1.82, 2.24) is 0 Å². The third-order valence-electron chi connectivity index (χ3n) is 3.28. The van der Waals surface area contributed by atoms with Crippen LogP contribution in [0.25, 0.3) is 0 Å². The SMILES string of the molecule is COc1ccccc1NC(=O)c1cccc2c1OCCN2. The van der Waals surface area contributed by atoms with Crippen molar-refractivity contribution in [2.45, 2.75) is 0 Å². The lowest BCUT2D eigenvalue weighted by molar-refractivity contribution is 0.102. The summed E-state index contributed by atoms with van der Waals surface area (Å²) in [5, 5.41) is 6.07. The van der Waals surface area contributed by atoms with E-state index in [0.29, 0.717) is 29.4 Å². The van der Waals surface area contributed by atoms with Gasteiger partial charge in [-0.3, -0.25) is 4.79 Å². The topological polar surface area (TPSA) is 59.6 Å². The van der Waals surface area contributed by atoms with E-state index >= 15 is 0 Å². The third kappa shape index (κ3) is 2.63. The number of hydrogen-bond donors (Lipinski definition) is 2. The van der Waals surface area contributed by atoms with Crippen LogP contribution in [0.1, 0.15) is 10.4 Å². The van der Waals surface area contributed by atoms with Crippen LogP contribution < -0.4 is 20.1 Å². The average Bonchev–Trinajstić information content (AvgIpc) is 2.54. The molecule has 0 fully saturated rings. The summed E-state index contributed by atoms with van der Waals surface area (Å²) in [5.41, 5.74) is 1.98. The number of fused-ring (bicyclic) bond motifs is 1. The van der Waals surface area contributed by atoms with Crippen molar-refractivity contribution in [2.75, 3.05) is 30.9 Å². The van der Waals surface area contributed by atoms with Gasteiger partial charge in [0, 0.05) is 6.54 Å². The minimum Gasteiger partial charge on any atom is -0.495 e. The molecule has 0 spiro atoms. The molecule has 0 bridgehead atoms. The second-order valence-electron chi connectivity index (χ2n) is 4.61. The number of carbonyl (C=O) groups is 1. The number of ether oxygens (including phenoxy) is 2. The molecule has 5 nitrogen and oxygen atoms in total. The molecule has 0 unspecified atom stereocenters. The van der Waals surface area contributed by atoms with Crippen molar-refractivity contribution in [2.24, 2.45) is 0 Å². The Hall–Kier alpha value is -2.69. The Morgan fingerprint density at radius 3 is 2.95 bits per heavy atom. The molecule has 1 aliphatic rings. The molecule has 1 aliphatic heterocycles. The van der Waals surface area contributed by atoms with Gasteiger partial charge in [0.15, 0.2) is 5.75 Å². The number of methoxy groups -OCH3 is 1. The van der Waals surface area contributed by atoms with E-state index in [1.165, 1.54) is 0 Å². The van der Waals surface area contributed by atoms with E-state index in [1.54, 1.807) is 25.3 Å². The fourth-order valence-corrected chi connectivity index (χ4v) is 2.29. The zero-order chi connectivity index (χ0) is 14.7. The molecule has 0 atom stereocenters. The lowest BCUT2D eigenvalue weighted by Gasteiger charge is -2.21.